The molecule has 0 aliphatic heterocycles. The molecule has 0 unspecified atom stereocenters. The fourth-order valence-corrected chi connectivity index (χ4v) is 4.30. The van der Waals surface area contributed by atoms with Crippen LogP contribution < -0.4 is 9.64 Å². The minimum atomic E-state index is -0.373. The summed E-state index contributed by atoms with van der Waals surface area (Å²) in [6, 6.07) is 12.1. The average molecular weight is 444 g/mol. The third-order valence-corrected chi connectivity index (χ3v) is 6.26. The summed E-state index contributed by atoms with van der Waals surface area (Å²) in [4.78, 5) is 21.9. The molecule has 31 heavy (non-hydrogen) atoms. The number of fused-ring (bicyclic) bond motifs is 1. The number of para-hydroxylation sites is 1. The van der Waals surface area contributed by atoms with Crippen LogP contribution in [0.15, 0.2) is 42.5 Å². The van der Waals surface area contributed by atoms with Gasteiger partial charge in [0.15, 0.2) is 5.13 Å². The normalized spacial score (nSPS) is 11.3. The first-order valence-corrected chi connectivity index (χ1v) is 11.7. The van der Waals surface area contributed by atoms with Gasteiger partial charge in [0.2, 0.25) is 0 Å². The molecular formula is C24H30FN3O2S. The van der Waals surface area contributed by atoms with Gasteiger partial charge in [0.25, 0.3) is 5.91 Å². The number of hydrogen-bond acceptors (Lipinski definition) is 5. The third kappa shape index (κ3) is 5.80. The van der Waals surface area contributed by atoms with Crippen molar-refractivity contribution >= 4 is 32.6 Å². The highest BCUT2D eigenvalue weighted by atomic mass is 32.1. The second-order valence-corrected chi connectivity index (χ2v) is 8.31. The standard InChI is InChI=1S/C24H30FN3O2S/c1-4-7-16-30-19-11-8-10-18(17-19)23(29)28(15-14-27(5-2)6-3)24-26-22-20(25)12-9-13-21(22)31-24/h8-13,17H,4-7,14-16H2,1-3H3. The van der Waals surface area contributed by atoms with Crippen LogP contribution in [0.4, 0.5) is 9.52 Å². The Morgan fingerprint density at radius 3 is 2.58 bits per heavy atom. The number of ether oxygens (including phenoxy) is 1. The van der Waals surface area contributed by atoms with E-state index in [1.807, 2.05) is 18.2 Å². The van der Waals surface area contributed by atoms with Crippen molar-refractivity contribution in [2.75, 3.05) is 37.7 Å². The molecule has 5 nitrogen and oxygen atoms in total. The molecule has 0 saturated heterocycles. The predicted octanol–water partition coefficient (Wildman–Crippen LogP) is 5.60. The lowest BCUT2D eigenvalue weighted by Crippen LogP contribution is -2.38. The molecule has 0 spiro atoms. The van der Waals surface area contributed by atoms with E-state index in [4.69, 9.17) is 4.74 Å². The maximum atomic E-state index is 14.2. The number of benzene rings is 2. The molecular weight excluding hydrogens is 413 g/mol. The van der Waals surface area contributed by atoms with Gasteiger partial charge in [-0.1, -0.05) is 50.7 Å². The maximum absolute atomic E-state index is 14.2. The van der Waals surface area contributed by atoms with E-state index < -0.39 is 0 Å². The molecule has 0 saturated carbocycles. The highest BCUT2D eigenvalue weighted by Gasteiger charge is 2.23. The van der Waals surface area contributed by atoms with E-state index in [2.05, 4.69) is 30.7 Å². The molecule has 1 heterocycles. The van der Waals surface area contributed by atoms with E-state index in [9.17, 15) is 9.18 Å². The van der Waals surface area contributed by atoms with Gasteiger partial charge in [-0.25, -0.2) is 9.37 Å². The highest BCUT2D eigenvalue weighted by Crippen LogP contribution is 2.31. The Labute approximate surface area is 187 Å². The first kappa shape index (κ1) is 23.2. The number of nitrogens with zero attached hydrogens (tertiary/aromatic N) is 3. The van der Waals surface area contributed by atoms with Crippen molar-refractivity contribution in [1.82, 2.24) is 9.88 Å². The number of amides is 1. The summed E-state index contributed by atoms with van der Waals surface area (Å²) in [7, 11) is 0. The monoisotopic (exact) mass is 443 g/mol. The molecule has 0 bridgehead atoms. The Morgan fingerprint density at radius 2 is 1.87 bits per heavy atom. The number of carbonyl (C=O) groups excluding carboxylic acids is 1. The maximum Gasteiger partial charge on any atom is 0.260 e. The minimum Gasteiger partial charge on any atom is -0.494 e. The van der Waals surface area contributed by atoms with Gasteiger partial charge in [-0.3, -0.25) is 9.69 Å². The second kappa shape index (κ2) is 11.2. The molecule has 3 aromatic rings. The van der Waals surface area contributed by atoms with Gasteiger partial charge in [-0.05, 0) is 49.8 Å². The lowest BCUT2D eigenvalue weighted by atomic mass is 10.2. The number of unbranched alkanes of at least 4 members (excludes halogenated alkanes) is 1. The smallest absolute Gasteiger partial charge is 0.260 e. The molecule has 7 heteroatoms. The number of likely N-dealkylation sites (N-methyl/N-ethyl adjacent to an activating group) is 1. The number of hydrogen-bond donors (Lipinski definition) is 0. The van der Waals surface area contributed by atoms with E-state index >= 15 is 0 Å². The average Bonchev–Trinajstić information content (AvgIpc) is 3.22. The van der Waals surface area contributed by atoms with Crippen molar-refractivity contribution in [3.63, 3.8) is 0 Å². The van der Waals surface area contributed by atoms with E-state index in [0.717, 1.165) is 30.6 Å². The fraction of sp³-hybridized carbons (Fsp3) is 0.417. The molecule has 1 aromatic heterocycles. The van der Waals surface area contributed by atoms with E-state index in [-0.39, 0.29) is 11.7 Å². The van der Waals surface area contributed by atoms with Crippen LogP contribution in [-0.2, 0) is 0 Å². The van der Waals surface area contributed by atoms with Crippen LogP contribution in [0.25, 0.3) is 10.2 Å². The molecule has 0 radical (unpaired) electrons. The van der Waals surface area contributed by atoms with Crippen LogP contribution in [0.5, 0.6) is 5.75 Å². The Hall–Kier alpha value is -2.51. The third-order valence-electron chi connectivity index (χ3n) is 5.22. The first-order valence-electron chi connectivity index (χ1n) is 10.9. The Morgan fingerprint density at radius 1 is 1.10 bits per heavy atom. The van der Waals surface area contributed by atoms with Crippen molar-refractivity contribution in [1.29, 1.82) is 0 Å². The summed E-state index contributed by atoms with van der Waals surface area (Å²) in [5.74, 6) is 0.147. The van der Waals surface area contributed by atoms with Crippen molar-refractivity contribution < 1.29 is 13.9 Å². The molecule has 0 atom stereocenters. The van der Waals surface area contributed by atoms with Crippen LogP contribution >= 0.6 is 11.3 Å². The summed E-state index contributed by atoms with van der Waals surface area (Å²) < 4.78 is 20.7. The van der Waals surface area contributed by atoms with Crippen LogP contribution in [0.2, 0.25) is 0 Å². The van der Waals surface area contributed by atoms with E-state index in [1.165, 1.54) is 17.4 Å². The van der Waals surface area contributed by atoms with Gasteiger partial charge in [-0.2, -0.15) is 0 Å². The van der Waals surface area contributed by atoms with Crippen molar-refractivity contribution in [2.24, 2.45) is 0 Å². The largest absolute Gasteiger partial charge is 0.494 e. The number of rotatable bonds is 11. The summed E-state index contributed by atoms with van der Waals surface area (Å²) in [6.45, 7) is 9.91. The zero-order valence-electron chi connectivity index (χ0n) is 18.4. The van der Waals surface area contributed by atoms with Gasteiger partial charge in [0.05, 0.1) is 11.3 Å². The van der Waals surface area contributed by atoms with Gasteiger partial charge in [0.1, 0.15) is 17.1 Å². The van der Waals surface area contributed by atoms with Crippen LogP contribution in [0.3, 0.4) is 0 Å². The molecule has 0 N–H and O–H groups in total. The highest BCUT2D eigenvalue weighted by molar-refractivity contribution is 7.22. The lowest BCUT2D eigenvalue weighted by molar-refractivity contribution is 0.0983. The molecule has 0 aliphatic carbocycles. The van der Waals surface area contributed by atoms with Crippen LogP contribution in [-0.4, -0.2) is 48.6 Å². The minimum absolute atomic E-state index is 0.160. The Bertz CT molecular complexity index is 1000. The van der Waals surface area contributed by atoms with Gasteiger partial charge < -0.3 is 9.64 Å². The zero-order valence-corrected chi connectivity index (χ0v) is 19.3. The molecule has 2 aromatic carbocycles. The van der Waals surface area contributed by atoms with E-state index in [0.29, 0.717) is 41.7 Å². The SMILES string of the molecule is CCCCOc1cccc(C(=O)N(CCN(CC)CC)c2nc3c(F)cccc3s2)c1. The van der Waals surface area contributed by atoms with Gasteiger partial charge >= 0.3 is 0 Å². The zero-order chi connectivity index (χ0) is 22.2. The topological polar surface area (TPSA) is 45.7 Å². The number of aromatic nitrogens is 1. The van der Waals surface area contributed by atoms with E-state index in [1.54, 1.807) is 23.1 Å². The van der Waals surface area contributed by atoms with Crippen molar-refractivity contribution in [3.8, 4) is 5.75 Å². The Kier molecular flexibility index (Phi) is 8.37. The first-order chi connectivity index (χ1) is 15.1. The number of thiazole rings is 1. The number of anilines is 1. The van der Waals surface area contributed by atoms with Crippen molar-refractivity contribution in [2.45, 2.75) is 33.6 Å². The van der Waals surface area contributed by atoms with Crippen LogP contribution in [0, 0.1) is 5.82 Å². The molecule has 3 rings (SSSR count). The Balaban J connectivity index is 1.90. The quantitative estimate of drug-likeness (QED) is 0.362. The summed E-state index contributed by atoms with van der Waals surface area (Å²) >= 11 is 1.33. The molecule has 166 valence electrons. The number of halogens is 1. The lowest BCUT2D eigenvalue weighted by Gasteiger charge is -2.25. The number of carbonyl (C=O) groups is 1. The fourth-order valence-electron chi connectivity index (χ4n) is 3.29. The second-order valence-electron chi connectivity index (χ2n) is 7.30. The summed E-state index contributed by atoms with van der Waals surface area (Å²) in [5.41, 5.74) is 0.841. The predicted molar refractivity (Wildman–Crippen MR) is 126 cm³/mol. The molecule has 1 amide bonds. The van der Waals surface area contributed by atoms with Crippen LogP contribution in [0.1, 0.15) is 44.0 Å². The summed E-state index contributed by atoms with van der Waals surface area (Å²) in [6.07, 6.45) is 2.01. The van der Waals surface area contributed by atoms with Gasteiger partial charge in [-0.15, -0.1) is 0 Å². The van der Waals surface area contributed by atoms with Gasteiger partial charge in [0, 0.05) is 18.7 Å². The summed E-state index contributed by atoms with van der Waals surface area (Å²) in [5, 5.41) is 0.509. The molecule has 0 aliphatic rings. The van der Waals surface area contributed by atoms with Crippen molar-refractivity contribution in [3.05, 3.63) is 53.8 Å². The molecule has 0 fully saturated rings.